The van der Waals surface area contributed by atoms with Gasteiger partial charge in [0.15, 0.2) is 0 Å². The van der Waals surface area contributed by atoms with E-state index in [1.807, 2.05) is 0 Å². The first kappa shape index (κ1) is 30.5. The zero-order chi connectivity index (χ0) is 24.2. The van der Waals surface area contributed by atoms with Crippen LogP contribution in [0.2, 0.25) is 0 Å². The minimum atomic E-state index is -0.0577. The van der Waals surface area contributed by atoms with Gasteiger partial charge in [0, 0.05) is 13.0 Å². The van der Waals surface area contributed by atoms with E-state index in [1.54, 1.807) is 0 Å². The Kier molecular flexibility index (Phi) is 19.2. The van der Waals surface area contributed by atoms with Gasteiger partial charge in [-0.1, -0.05) is 110 Å². The summed E-state index contributed by atoms with van der Waals surface area (Å²) in [6.07, 6.45) is 28.5. The summed E-state index contributed by atoms with van der Waals surface area (Å²) in [5.74, 6) is 2.97. The summed E-state index contributed by atoms with van der Waals surface area (Å²) in [6.45, 7) is 3.59. The molecule has 1 aliphatic carbocycles. The number of carbonyl (C=O) groups is 1. The van der Waals surface area contributed by atoms with Crippen molar-refractivity contribution in [3.05, 3.63) is 0 Å². The largest absolute Gasteiger partial charge is 0.469 e. The Hall–Kier alpha value is -0.570. The van der Waals surface area contributed by atoms with E-state index in [9.17, 15) is 4.79 Å². The highest BCUT2D eigenvalue weighted by Crippen LogP contribution is 2.45. The molecule has 3 nitrogen and oxygen atoms in total. The average molecular weight is 466 g/mol. The Morgan fingerprint density at radius 3 is 1.76 bits per heavy atom. The maximum Gasteiger partial charge on any atom is 0.305 e. The van der Waals surface area contributed by atoms with Crippen LogP contribution in [-0.2, 0) is 9.53 Å². The molecular weight excluding hydrogens is 406 g/mol. The molecule has 0 bridgehead atoms. The molecule has 0 saturated heterocycles. The van der Waals surface area contributed by atoms with Gasteiger partial charge < -0.3 is 9.64 Å². The number of methoxy groups -OCH3 is 1. The van der Waals surface area contributed by atoms with E-state index < -0.39 is 0 Å². The van der Waals surface area contributed by atoms with Gasteiger partial charge in [0.05, 0.1) is 7.11 Å². The van der Waals surface area contributed by atoms with Crippen LogP contribution in [0.3, 0.4) is 0 Å². The molecular formula is C30H59NO2. The Labute approximate surface area is 207 Å². The highest BCUT2D eigenvalue weighted by molar-refractivity contribution is 5.68. The molecule has 3 heteroatoms. The van der Waals surface area contributed by atoms with Crippen molar-refractivity contribution in [2.75, 3.05) is 27.7 Å². The third-order valence-corrected chi connectivity index (χ3v) is 7.78. The van der Waals surface area contributed by atoms with Crippen LogP contribution in [0.25, 0.3) is 0 Å². The van der Waals surface area contributed by atoms with E-state index in [-0.39, 0.29) is 5.97 Å². The summed E-state index contributed by atoms with van der Waals surface area (Å²) in [4.78, 5) is 13.5. The highest BCUT2D eigenvalue weighted by atomic mass is 16.5. The average Bonchev–Trinajstić information content (AvgIpc) is 3.54. The molecule has 0 heterocycles. The van der Waals surface area contributed by atoms with Crippen LogP contribution in [0.15, 0.2) is 0 Å². The quantitative estimate of drug-likeness (QED) is 0.105. The molecule has 0 amide bonds. The topological polar surface area (TPSA) is 29.5 Å². The summed E-state index contributed by atoms with van der Waals surface area (Å²) >= 11 is 0. The first-order chi connectivity index (χ1) is 16.1. The molecule has 0 aliphatic heterocycles. The predicted octanol–water partition coefficient (Wildman–Crippen LogP) is 8.80. The fraction of sp³-hybridized carbons (Fsp3) is 0.967. The van der Waals surface area contributed by atoms with Gasteiger partial charge >= 0.3 is 5.97 Å². The first-order valence-electron chi connectivity index (χ1n) is 14.8. The zero-order valence-electron chi connectivity index (χ0n) is 23.1. The lowest BCUT2D eigenvalue weighted by Gasteiger charge is -2.21. The summed E-state index contributed by atoms with van der Waals surface area (Å²) in [6, 6.07) is 0. The number of ether oxygens (including phenoxy) is 1. The van der Waals surface area contributed by atoms with E-state index in [0.29, 0.717) is 6.42 Å². The Bertz CT molecular complexity index is 451. The van der Waals surface area contributed by atoms with E-state index in [1.165, 1.54) is 136 Å². The van der Waals surface area contributed by atoms with Crippen molar-refractivity contribution in [3.63, 3.8) is 0 Å². The Balaban J connectivity index is 1.87. The molecule has 0 radical (unpaired) electrons. The zero-order valence-corrected chi connectivity index (χ0v) is 23.1. The minimum absolute atomic E-state index is 0.0577. The van der Waals surface area contributed by atoms with Crippen molar-refractivity contribution in [2.45, 2.75) is 142 Å². The molecule has 1 fully saturated rings. The summed E-state index contributed by atoms with van der Waals surface area (Å²) in [5.41, 5.74) is 0. The van der Waals surface area contributed by atoms with Crippen LogP contribution in [0.4, 0.5) is 0 Å². The molecule has 0 aromatic heterocycles. The molecule has 1 aliphatic rings. The van der Waals surface area contributed by atoms with Crippen LogP contribution < -0.4 is 0 Å². The van der Waals surface area contributed by atoms with Gasteiger partial charge in [0.2, 0.25) is 0 Å². The molecule has 1 rings (SSSR count). The van der Waals surface area contributed by atoms with Crippen LogP contribution in [0, 0.1) is 17.8 Å². The van der Waals surface area contributed by atoms with E-state index in [0.717, 1.165) is 24.2 Å². The monoisotopic (exact) mass is 465 g/mol. The Morgan fingerprint density at radius 1 is 0.758 bits per heavy atom. The van der Waals surface area contributed by atoms with Gasteiger partial charge in [0.25, 0.3) is 0 Å². The van der Waals surface area contributed by atoms with Crippen LogP contribution in [-0.4, -0.2) is 38.6 Å². The number of unbranched alkanes of at least 4 members (excludes halogenated alkanes) is 12. The number of carbonyl (C=O) groups excluding carboxylic acids is 1. The SMILES string of the molecule is CCCCCCC(CCCCCCCCC1CC1CCCCCCCC(=O)OC)CN(C)C. The van der Waals surface area contributed by atoms with Gasteiger partial charge in [-0.15, -0.1) is 0 Å². The van der Waals surface area contributed by atoms with Gasteiger partial charge in [-0.05, 0) is 57.5 Å². The number of esters is 1. The first-order valence-corrected chi connectivity index (χ1v) is 14.8. The van der Waals surface area contributed by atoms with Gasteiger partial charge in [-0.3, -0.25) is 4.79 Å². The summed E-state index contributed by atoms with van der Waals surface area (Å²) < 4.78 is 4.69. The normalized spacial score (nSPS) is 18.6. The lowest BCUT2D eigenvalue weighted by molar-refractivity contribution is -0.140. The van der Waals surface area contributed by atoms with Crippen molar-refractivity contribution in [1.82, 2.24) is 4.90 Å². The van der Waals surface area contributed by atoms with Gasteiger partial charge in [-0.2, -0.15) is 0 Å². The van der Waals surface area contributed by atoms with Crippen LogP contribution >= 0.6 is 0 Å². The van der Waals surface area contributed by atoms with E-state index in [2.05, 4.69) is 25.9 Å². The molecule has 0 spiro atoms. The predicted molar refractivity (Wildman–Crippen MR) is 144 cm³/mol. The molecule has 0 aromatic carbocycles. The maximum atomic E-state index is 11.1. The maximum absolute atomic E-state index is 11.1. The van der Waals surface area contributed by atoms with Crippen molar-refractivity contribution in [1.29, 1.82) is 0 Å². The second-order valence-electron chi connectivity index (χ2n) is 11.3. The number of hydrogen-bond donors (Lipinski definition) is 0. The lowest BCUT2D eigenvalue weighted by Crippen LogP contribution is -2.21. The highest BCUT2D eigenvalue weighted by Gasteiger charge is 2.34. The third-order valence-electron chi connectivity index (χ3n) is 7.78. The fourth-order valence-electron chi connectivity index (χ4n) is 5.58. The van der Waals surface area contributed by atoms with Gasteiger partial charge in [-0.25, -0.2) is 0 Å². The van der Waals surface area contributed by atoms with Crippen molar-refractivity contribution in [3.8, 4) is 0 Å². The minimum Gasteiger partial charge on any atom is -0.469 e. The second kappa shape index (κ2) is 20.8. The van der Waals surface area contributed by atoms with Crippen molar-refractivity contribution >= 4 is 5.97 Å². The molecule has 0 N–H and O–H groups in total. The molecule has 3 unspecified atom stereocenters. The Morgan fingerprint density at radius 2 is 1.24 bits per heavy atom. The summed E-state index contributed by atoms with van der Waals surface area (Å²) in [5, 5.41) is 0. The molecule has 3 atom stereocenters. The van der Waals surface area contributed by atoms with E-state index >= 15 is 0 Å². The third kappa shape index (κ3) is 18.4. The van der Waals surface area contributed by atoms with Crippen molar-refractivity contribution < 1.29 is 9.53 Å². The van der Waals surface area contributed by atoms with Crippen LogP contribution in [0.5, 0.6) is 0 Å². The fourth-order valence-corrected chi connectivity index (χ4v) is 5.58. The number of hydrogen-bond acceptors (Lipinski definition) is 3. The van der Waals surface area contributed by atoms with Crippen molar-refractivity contribution in [2.24, 2.45) is 17.8 Å². The second-order valence-corrected chi connectivity index (χ2v) is 11.3. The molecule has 196 valence electrons. The molecule has 0 aromatic rings. The lowest BCUT2D eigenvalue weighted by atomic mass is 9.94. The number of rotatable bonds is 24. The smallest absolute Gasteiger partial charge is 0.305 e. The number of nitrogens with zero attached hydrogens (tertiary/aromatic N) is 1. The summed E-state index contributed by atoms with van der Waals surface area (Å²) in [7, 11) is 5.95. The van der Waals surface area contributed by atoms with E-state index in [4.69, 9.17) is 4.74 Å². The molecule has 1 saturated carbocycles. The molecule has 33 heavy (non-hydrogen) atoms. The van der Waals surface area contributed by atoms with Gasteiger partial charge in [0.1, 0.15) is 0 Å². The standard InChI is InChI=1S/C30H59NO2/c1-5-6-7-15-20-27(26-31(2)3)21-16-11-8-9-12-17-22-28-25-29(28)23-18-13-10-14-19-24-30(32)33-4/h27-29H,5-26H2,1-4H3. The van der Waals surface area contributed by atoms with Crippen LogP contribution in [0.1, 0.15) is 142 Å².